The molecule has 5 heteroatoms. The molecule has 0 saturated carbocycles. The van der Waals surface area contributed by atoms with E-state index in [0.29, 0.717) is 17.3 Å². The largest absolute Gasteiger partial charge is 0.497 e. The summed E-state index contributed by atoms with van der Waals surface area (Å²) in [6, 6.07) is 13.6. The van der Waals surface area contributed by atoms with Gasteiger partial charge in [0.15, 0.2) is 0 Å². The Kier molecular flexibility index (Phi) is 4.42. The Labute approximate surface area is 138 Å². The van der Waals surface area contributed by atoms with Gasteiger partial charge in [0.2, 0.25) is 0 Å². The molecule has 24 heavy (non-hydrogen) atoms. The third-order valence-corrected chi connectivity index (χ3v) is 3.85. The van der Waals surface area contributed by atoms with Crippen molar-refractivity contribution in [3.05, 3.63) is 59.9 Å². The van der Waals surface area contributed by atoms with Crippen LogP contribution in [0.5, 0.6) is 5.75 Å². The van der Waals surface area contributed by atoms with Crippen LogP contribution in [0.25, 0.3) is 22.2 Å². The van der Waals surface area contributed by atoms with Crippen LogP contribution in [0.3, 0.4) is 0 Å². The van der Waals surface area contributed by atoms with Crippen molar-refractivity contribution in [3.8, 4) is 17.0 Å². The van der Waals surface area contributed by atoms with Crippen LogP contribution >= 0.6 is 0 Å². The lowest BCUT2D eigenvalue weighted by atomic mass is 10.0. The van der Waals surface area contributed by atoms with E-state index in [1.165, 1.54) is 12.1 Å². The minimum atomic E-state index is -0.887. The van der Waals surface area contributed by atoms with Gasteiger partial charge in [-0.05, 0) is 60.5 Å². The lowest BCUT2D eigenvalue weighted by Crippen LogP contribution is -2.00. The number of carbonyl (C=O) groups is 1. The first-order chi connectivity index (χ1) is 11.6. The van der Waals surface area contributed by atoms with Gasteiger partial charge >= 0.3 is 5.97 Å². The Morgan fingerprint density at radius 1 is 1.17 bits per heavy atom. The van der Waals surface area contributed by atoms with Crippen molar-refractivity contribution in [1.29, 1.82) is 0 Å². The number of halogens is 1. The molecule has 2 aromatic carbocycles. The summed E-state index contributed by atoms with van der Waals surface area (Å²) in [5.74, 6) is -0.506. The van der Waals surface area contributed by atoms with Crippen molar-refractivity contribution in [3.63, 3.8) is 0 Å². The van der Waals surface area contributed by atoms with Crippen molar-refractivity contribution < 1.29 is 19.0 Å². The average molecular weight is 325 g/mol. The van der Waals surface area contributed by atoms with Crippen molar-refractivity contribution in [2.45, 2.75) is 12.8 Å². The Morgan fingerprint density at radius 2 is 1.92 bits per heavy atom. The molecule has 0 fully saturated rings. The van der Waals surface area contributed by atoms with Gasteiger partial charge in [-0.15, -0.1) is 0 Å². The Bertz CT molecular complexity index is 891. The van der Waals surface area contributed by atoms with E-state index in [0.717, 1.165) is 22.6 Å². The first kappa shape index (κ1) is 15.9. The predicted octanol–water partition coefficient (Wildman–Crippen LogP) is 4.07. The fourth-order valence-electron chi connectivity index (χ4n) is 2.63. The number of hydrogen-bond donors (Lipinski definition) is 1. The Balaban J connectivity index is 2.10. The molecule has 3 rings (SSSR count). The summed E-state index contributed by atoms with van der Waals surface area (Å²) in [4.78, 5) is 15.5. The van der Waals surface area contributed by atoms with Crippen LogP contribution in [0.1, 0.15) is 12.0 Å². The summed E-state index contributed by atoms with van der Waals surface area (Å²) in [5, 5.41) is 9.59. The molecular formula is C19H16FNO3. The van der Waals surface area contributed by atoms with Gasteiger partial charge in [0.05, 0.1) is 18.3 Å². The quantitative estimate of drug-likeness (QED) is 0.768. The molecule has 1 N–H and O–H groups in total. The highest BCUT2D eigenvalue weighted by molar-refractivity contribution is 5.85. The zero-order valence-electron chi connectivity index (χ0n) is 13.1. The minimum absolute atomic E-state index is 0.0162. The van der Waals surface area contributed by atoms with Crippen LogP contribution in [0.4, 0.5) is 4.39 Å². The van der Waals surface area contributed by atoms with Crippen molar-refractivity contribution in [1.82, 2.24) is 4.98 Å². The third kappa shape index (κ3) is 3.35. The predicted molar refractivity (Wildman–Crippen MR) is 89.6 cm³/mol. The number of ether oxygens (including phenoxy) is 1. The summed E-state index contributed by atoms with van der Waals surface area (Å²) in [7, 11) is 1.60. The molecule has 122 valence electrons. The maximum atomic E-state index is 13.6. The van der Waals surface area contributed by atoms with Gasteiger partial charge in [0, 0.05) is 17.4 Å². The van der Waals surface area contributed by atoms with Gasteiger partial charge in [0.1, 0.15) is 11.6 Å². The summed E-state index contributed by atoms with van der Waals surface area (Å²) in [5.41, 5.74) is 3.02. The smallest absolute Gasteiger partial charge is 0.303 e. The van der Waals surface area contributed by atoms with Crippen LogP contribution in [0, 0.1) is 5.82 Å². The van der Waals surface area contributed by atoms with E-state index in [-0.39, 0.29) is 12.2 Å². The van der Waals surface area contributed by atoms with Crippen molar-refractivity contribution in [2.24, 2.45) is 0 Å². The second-order valence-corrected chi connectivity index (χ2v) is 5.45. The maximum absolute atomic E-state index is 13.6. The molecule has 0 atom stereocenters. The van der Waals surface area contributed by atoms with Crippen LogP contribution in [0.15, 0.2) is 48.5 Å². The monoisotopic (exact) mass is 325 g/mol. The van der Waals surface area contributed by atoms with Gasteiger partial charge in [-0.1, -0.05) is 0 Å². The Morgan fingerprint density at radius 3 is 2.58 bits per heavy atom. The SMILES string of the molecule is COc1ccc(-c2cc(CCC(=O)O)c3cc(F)ccc3n2)cc1. The number of aromatic nitrogens is 1. The number of aliphatic carboxylic acids is 1. The van der Waals surface area contributed by atoms with Crippen LogP contribution < -0.4 is 4.74 Å². The molecule has 0 aliphatic heterocycles. The molecule has 4 nitrogen and oxygen atoms in total. The standard InChI is InChI=1S/C19H16FNO3/c1-24-15-6-2-12(3-7-15)18-10-13(4-9-19(22)23)16-11-14(20)5-8-17(16)21-18/h2-3,5-8,10-11H,4,9H2,1H3,(H,22,23). The number of carboxylic acid groups (broad SMARTS) is 1. The highest BCUT2D eigenvalue weighted by atomic mass is 19.1. The van der Waals surface area contributed by atoms with Gasteiger partial charge in [-0.2, -0.15) is 0 Å². The number of aryl methyl sites for hydroxylation is 1. The second kappa shape index (κ2) is 6.66. The molecule has 3 aromatic rings. The summed E-state index contributed by atoms with van der Waals surface area (Å²) >= 11 is 0. The number of hydrogen-bond acceptors (Lipinski definition) is 3. The number of methoxy groups -OCH3 is 1. The number of pyridine rings is 1. The highest BCUT2D eigenvalue weighted by Gasteiger charge is 2.10. The first-order valence-corrected chi connectivity index (χ1v) is 7.52. The van der Waals surface area contributed by atoms with Gasteiger partial charge in [-0.25, -0.2) is 9.37 Å². The van der Waals surface area contributed by atoms with E-state index in [2.05, 4.69) is 4.98 Å². The van der Waals surface area contributed by atoms with Gasteiger partial charge < -0.3 is 9.84 Å². The fourth-order valence-corrected chi connectivity index (χ4v) is 2.63. The van der Waals surface area contributed by atoms with E-state index in [4.69, 9.17) is 9.84 Å². The van der Waals surface area contributed by atoms with Crippen LogP contribution in [-0.2, 0) is 11.2 Å². The van der Waals surface area contributed by atoms with Gasteiger partial charge in [0.25, 0.3) is 0 Å². The molecule has 0 aliphatic rings. The molecule has 1 aromatic heterocycles. The molecule has 0 saturated heterocycles. The maximum Gasteiger partial charge on any atom is 0.303 e. The highest BCUT2D eigenvalue weighted by Crippen LogP contribution is 2.27. The third-order valence-electron chi connectivity index (χ3n) is 3.85. The van der Waals surface area contributed by atoms with Crippen molar-refractivity contribution >= 4 is 16.9 Å². The van der Waals surface area contributed by atoms with Crippen LogP contribution in [0.2, 0.25) is 0 Å². The van der Waals surface area contributed by atoms with E-state index < -0.39 is 5.97 Å². The molecule has 0 unspecified atom stereocenters. The topological polar surface area (TPSA) is 59.4 Å². The number of nitrogens with zero attached hydrogens (tertiary/aromatic N) is 1. The lowest BCUT2D eigenvalue weighted by molar-refractivity contribution is -0.136. The Hall–Kier alpha value is -2.95. The lowest BCUT2D eigenvalue weighted by Gasteiger charge is -2.10. The summed E-state index contributed by atoms with van der Waals surface area (Å²) in [6.45, 7) is 0. The normalized spacial score (nSPS) is 10.8. The number of rotatable bonds is 5. The molecule has 1 heterocycles. The molecule has 0 radical (unpaired) electrons. The molecule has 0 spiro atoms. The molecule has 0 amide bonds. The molecule has 0 bridgehead atoms. The zero-order valence-corrected chi connectivity index (χ0v) is 13.1. The second-order valence-electron chi connectivity index (χ2n) is 5.45. The van der Waals surface area contributed by atoms with E-state index >= 15 is 0 Å². The van der Waals surface area contributed by atoms with E-state index in [1.54, 1.807) is 13.2 Å². The molecular weight excluding hydrogens is 309 g/mol. The first-order valence-electron chi connectivity index (χ1n) is 7.52. The van der Waals surface area contributed by atoms with Gasteiger partial charge in [-0.3, -0.25) is 4.79 Å². The van der Waals surface area contributed by atoms with Crippen molar-refractivity contribution in [2.75, 3.05) is 7.11 Å². The fraction of sp³-hybridized carbons (Fsp3) is 0.158. The number of benzene rings is 2. The number of carboxylic acids is 1. The van der Waals surface area contributed by atoms with E-state index in [9.17, 15) is 9.18 Å². The average Bonchev–Trinajstić information content (AvgIpc) is 2.59. The van der Waals surface area contributed by atoms with E-state index in [1.807, 2.05) is 30.3 Å². The zero-order chi connectivity index (χ0) is 17.1. The molecule has 0 aliphatic carbocycles. The summed E-state index contributed by atoms with van der Waals surface area (Å²) < 4.78 is 18.7. The van der Waals surface area contributed by atoms with Crippen LogP contribution in [-0.4, -0.2) is 23.2 Å². The summed E-state index contributed by atoms with van der Waals surface area (Å²) in [6.07, 6.45) is 0.304. The minimum Gasteiger partial charge on any atom is -0.497 e. The number of fused-ring (bicyclic) bond motifs is 1.